The van der Waals surface area contributed by atoms with Crippen LogP contribution in [0.2, 0.25) is 5.02 Å². The molecule has 2 aromatic carbocycles. The predicted molar refractivity (Wildman–Crippen MR) is 118 cm³/mol. The lowest BCUT2D eigenvalue weighted by Gasteiger charge is -2.39. The van der Waals surface area contributed by atoms with Crippen molar-refractivity contribution in [1.82, 2.24) is 9.62 Å². The number of hydrogen-bond acceptors (Lipinski definition) is 5. The molecule has 2 fully saturated rings. The van der Waals surface area contributed by atoms with Gasteiger partial charge in [0.05, 0.1) is 23.9 Å². The van der Waals surface area contributed by atoms with E-state index < -0.39 is 58.5 Å². The minimum Gasteiger partial charge on any atom is -0.376 e. The van der Waals surface area contributed by atoms with Crippen LogP contribution in [0.3, 0.4) is 0 Å². The van der Waals surface area contributed by atoms with Crippen LogP contribution in [0.25, 0.3) is 11.1 Å². The third kappa shape index (κ3) is 4.95. The van der Waals surface area contributed by atoms with Crippen molar-refractivity contribution in [3.8, 4) is 11.1 Å². The van der Waals surface area contributed by atoms with Gasteiger partial charge in [-0.25, -0.2) is 30.7 Å². The molecule has 34 heavy (non-hydrogen) atoms. The van der Waals surface area contributed by atoms with Gasteiger partial charge in [0.2, 0.25) is 10.0 Å². The second-order valence-electron chi connectivity index (χ2n) is 8.56. The quantitative estimate of drug-likeness (QED) is 0.546. The van der Waals surface area contributed by atoms with Crippen molar-refractivity contribution in [2.75, 3.05) is 19.4 Å². The van der Waals surface area contributed by atoms with Gasteiger partial charge in [-0.15, -0.1) is 0 Å². The van der Waals surface area contributed by atoms with Gasteiger partial charge in [-0.3, -0.25) is 4.90 Å². The lowest BCUT2D eigenvalue weighted by Crippen LogP contribution is -2.55. The molecule has 1 unspecified atom stereocenters. The second kappa shape index (κ2) is 9.36. The zero-order valence-electron chi connectivity index (χ0n) is 18.0. The van der Waals surface area contributed by atoms with Crippen molar-refractivity contribution < 1.29 is 35.8 Å². The molecule has 2 N–H and O–H groups in total. The van der Waals surface area contributed by atoms with Crippen molar-refractivity contribution in [2.24, 2.45) is 0 Å². The Morgan fingerprint density at radius 1 is 1.21 bits per heavy atom. The van der Waals surface area contributed by atoms with E-state index in [1.165, 1.54) is 36.4 Å². The number of sulfonamides is 1. The standard InChI is InChI=1S/C22H23ClF4N2O4S/c1-34(31,32)28-20-16(29(11-22(20,26)27)21(30)17-8-9-33-17)10-12-4-2-5-13(18(12)24)14-6-3-7-15(23)19(14)25/h2-7,16-17,20-21,28,30H,8-11H2,1H3/t16-,17?,20+,21-/m0/s1. The monoisotopic (exact) mass is 522 g/mol. The Hall–Kier alpha value is -1.76. The highest BCUT2D eigenvalue weighted by Gasteiger charge is 2.58. The number of likely N-dealkylation sites (tertiary alicyclic amines) is 1. The molecule has 12 heteroatoms. The molecule has 0 spiro atoms. The van der Waals surface area contributed by atoms with Crippen LogP contribution >= 0.6 is 11.6 Å². The van der Waals surface area contributed by atoms with E-state index >= 15 is 4.39 Å². The molecule has 6 nitrogen and oxygen atoms in total. The molecule has 0 aliphatic carbocycles. The summed E-state index contributed by atoms with van der Waals surface area (Å²) in [5.41, 5.74) is -0.273. The topological polar surface area (TPSA) is 78.9 Å². The SMILES string of the molecule is CS(=O)(=O)N[C@@H]1[C@H](Cc2cccc(-c3cccc(Cl)c3F)c2F)N([C@@H](O)C2CCO2)CC1(F)F. The molecular weight excluding hydrogens is 500 g/mol. The maximum absolute atomic E-state index is 15.5. The Bertz CT molecular complexity index is 1180. The molecule has 4 atom stereocenters. The van der Waals surface area contributed by atoms with Crippen molar-refractivity contribution >= 4 is 21.6 Å². The van der Waals surface area contributed by atoms with Crippen LogP contribution in [-0.2, 0) is 21.2 Å². The number of halogens is 5. The number of hydrogen-bond donors (Lipinski definition) is 2. The first-order valence-corrected chi connectivity index (χ1v) is 12.8. The lowest BCUT2D eigenvalue weighted by molar-refractivity contribution is -0.174. The van der Waals surface area contributed by atoms with Gasteiger partial charge < -0.3 is 9.84 Å². The van der Waals surface area contributed by atoms with Crippen LogP contribution in [0.1, 0.15) is 12.0 Å². The van der Waals surface area contributed by atoms with Gasteiger partial charge in [0.1, 0.15) is 23.9 Å². The summed E-state index contributed by atoms with van der Waals surface area (Å²) < 4.78 is 90.8. The van der Waals surface area contributed by atoms with Crippen LogP contribution in [0, 0.1) is 11.6 Å². The van der Waals surface area contributed by atoms with Gasteiger partial charge >= 0.3 is 0 Å². The van der Waals surface area contributed by atoms with E-state index in [1.807, 2.05) is 4.72 Å². The Kier molecular flexibility index (Phi) is 6.98. The first kappa shape index (κ1) is 25.3. The highest BCUT2D eigenvalue weighted by molar-refractivity contribution is 7.88. The predicted octanol–water partition coefficient (Wildman–Crippen LogP) is 3.17. The summed E-state index contributed by atoms with van der Waals surface area (Å²) in [5, 5.41) is 10.5. The van der Waals surface area contributed by atoms with E-state index in [2.05, 4.69) is 0 Å². The smallest absolute Gasteiger partial charge is 0.278 e. The van der Waals surface area contributed by atoms with E-state index in [9.17, 15) is 26.7 Å². The number of aliphatic hydroxyl groups excluding tert-OH is 1. The highest BCUT2D eigenvalue weighted by atomic mass is 35.5. The number of rotatable bonds is 7. The van der Waals surface area contributed by atoms with Gasteiger partial charge in [0, 0.05) is 30.2 Å². The summed E-state index contributed by atoms with van der Waals surface area (Å²) in [6.07, 6.45) is -1.34. The summed E-state index contributed by atoms with van der Waals surface area (Å²) in [5.74, 6) is -5.24. The maximum atomic E-state index is 15.5. The van der Waals surface area contributed by atoms with Crippen LogP contribution in [0.4, 0.5) is 17.6 Å². The molecule has 2 aromatic rings. The number of aliphatic hydroxyl groups is 1. The van der Waals surface area contributed by atoms with Crippen LogP contribution < -0.4 is 4.72 Å². The molecule has 0 bridgehead atoms. The van der Waals surface area contributed by atoms with Gasteiger partial charge in [-0.2, -0.15) is 0 Å². The first-order valence-electron chi connectivity index (χ1n) is 10.5. The lowest BCUT2D eigenvalue weighted by atomic mass is 9.94. The van der Waals surface area contributed by atoms with Gasteiger partial charge in [-0.05, 0) is 18.1 Å². The molecule has 0 radical (unpaired) electrons. The van der Waals surface area contributed by atoms with Crippen molar-refractivity contribution in [3.63, 3.8) is 0 Å². The van der Waals surface area contributed by atoms with Gasteiger partial charge in [-0.1, -0.05) is 41.9 Å². The second-order valence-corrected chi connectivity index (χ2v) is 10.8. The third-order valence-corrected chi connectivity index (χ3v) is 7.13. The first-order chi connectivity index (χ1) is 15.9. The molecule has 2 aliphatic heterocycles. The van der Waals surface area contributed by atoms with E-state index in [1.54, 1.807) is 0 Å². The average Bonchev–Trinajstić information content (AvgIpc) is 2.94. The summed E-state index contributed by atoms with van der Waals surface area (Å²) in [6.45, 7) is -0.584. The minimum atomic E-state index is -4.06. The average molecular weight is 523 g/mol. The molecule has 2 heterocycles. The zero-order chi connectivity index (χ0) is 24.8. The van der Waals surface area contributed by atoms with Gasteiger partial charge in [0.25, 0.3) is 5.92 Å². The molecular formula is C22H23ClF4N2O4S. The maximum Gasteiger partial charge on any atom is 0.278 e. The summed E-state index contributed by atoms with van der Waals surface area (Å²) in [7, 11) is -4.06. The normalized spacial score (nSPS) is 25.8. The minimum absolute atomic E-state index is 0.0494. The largest absolute Gasteiger partial charge is 0.376 e. The highest BCUT2D eigenvalue weighted by Crippen LogP contribution is 2.39. The molecule has 2 aliphatic rings. The van der Waals surface area contributed by atoms with Crippen molar-refractivity contribution in [3.05, 3.63) is 58.6 Å². The van der Waals surface area contributed by atoms with Gasteiger partial charge in [0.15, 0.2) is 0 Å². The van der Waals surface area contributed by atoms with E-state index in [0.717, 1.165) is 11.2 Å². The Balaban J connectivity index is 1.73. The van der Waals surface area contributed by atoms with Crippen molar-refractivity contribution in [2.45, 2.75) is 43.2 Å². The number of benzene rings is 2. The summed E-state index contributed by atoms with van der Waals surface area (Å²) >= 11 is 5.82. The van der Waals surface area contributed by atoms with Crippen LogP contribution in [-0.4, -0.2) is 68.2 Å². The van der Waals surface area contributed by atoms with Crippen LogP contribution in [0.5, 0.6) is 0 Å². The Morgan fingerprint density at radius 2 is 1.82 bits per heavy atom. The van der Waals surface area contributed by atoms with Crippen LogP contribution in [0.15, 0.2) is 36.4 Å². The molecule has 0 aromatic heterocycles. The van der Waals surface area contributed by atoms with Crippen molar-refractivity contribution in [1.29, 1.82) is 0 Å². The zero-order valence-corrected chi connectivity index (χ0v) is 19.6. The van der Waals surface area contributed by atoms with E-state index in [0.29, 0.717) is 13.0 Å². The number of nitrogens with one attached hydrogen (secondary N) is 1. The number of nitrogens with zero attached hydrogens (tertiary/aromatic N) is 1. The fourth-order valence-electron chi connectivity index (χ4n) is 4.44. The van der Waals surface area contributed by atoms with E-state index in [-0.39, 0.29) is 28.1 Å². The number of alkyl halides is 2. The third-order valence-electron chi connectivity index (χ3n) is 6.16. The number of ether oxygens (including phenoxy) is 1. The fraction of sp³-hybridized carbons (Fsp3) is 0.455. The Morgan fingerprint density at radius 3 is 2.41 bits per heavy atom. The molecule has 0 saturated carbocycles. The fourth-order valence-corrected chi connectivity index (χ4v) is 5.40. The molecule has 2 saturated heterocycles. The summed E-state index contributed by atoms with van der Waals surface area (Å²) in [4.78, 5) is 1.04. The Labute approximate surface area is 199 Å². The molecule has 4 rings (SSSR count). The molecule has 0 amide bonds. The van der Waals surface area contributed by atoms with E-state index in [4.69, 9.17) is 16.3 Å². The molecule has 186 valence electrons. The summed E-state index contributed by atoms with van der Waals surface area (Å²) in [6, 6.07) is 4.98.